The molecule has 0 heterocycles. The van der Waals surface area contributed by atoms with Crippen molar-refractivity contribution < 1.29 is 42.5 Å². The van der Waals surface area contributed by atoms with Crippen molar-refractivity contribution in [1.29, 1.82) is 0 Å². The number of hydrogen-bond acceptors (Lipinski definition) is 5. The van der Waals surface area contributed by atoms with E-state index in [1.54, 1.807) is 18.2 Å². The predicted octanol–water partition coefficient (Wildman–Crippen LogP) is 3.44. The molecule has 0 amide bonds. The lowest BCUT2D eigenvalue weighted by atomic mass is 10.1. The van der Waals surface area contributed by atoms with Crippen LogP contribution in [-0.4, -0.2) is 30.9 Å². The number of halogens is 1. The van der Waals surface area contributed by atoms with E-state index in [4.69, 9.17) is 19.6 Å². The summed E-state index contributed by atoms with van der Waals surface area (Å²) in [5.41, 5.74) is 3.12. The molecule has 0 spiro atoms. The minimum absolute atomic E-state index is 0.284. The summed E-state index contributed by atoms with van der Waals surface area (Å²) in [4.78, 5) is 31.0. The fourth-order valence-electron chi connectivity index (χ4n) is 1.84. The van der Waals surface area contributed by atoms with Crippen LogP contribution in [0.25, 0.3) is 0 Å². The van der Waals surface area contributed by atoms with Crippen molar-refractivity contribution in [3.8, 4) is 0 Å². The second-order valence-corrected chi connectivity index (χ2v) is 8.61. The zero-order valence-corrected chi connectivity index (χ0v) is 17.5. The maximum absolute atomic E-state index is 12.7. The van der Waals surface area contributed by atoms with Crippen LogP contribution in [0.2, 0.25) is 0 Å². The third kappa shape index (κ3) is 16.8. The molecule has 0 aliphatic carbocycles. The predicted molar refractivity (Wildman–Crippen MR) is 104 cm³/mol. The van der Waals surface area contributed by atoms with Gasteiger partial charge in [0.2, 0.25) is 0 Å². The number of hydrogen-bond donors (Lipinski definition) is 6. The summed E-state index contributed by atoms with van der Waals surface area (Å²) in [6.45, 7) is 6.14. The van der Waals surface area contributed by atoms with Crippen LogP contribution in [0, 0.1) is 5.82 Å². The molecule has 1 unspecified atom stereocenters. The SMILES string of the molecule is CC(C)=CCC/C(C)=C/C(O)Nc1ccc(F)cc1.O=P(O)(O)OP(=O)(O)O. The number of phosphoric acid groups is 2. The molecule has 6 N–H and O–H groups in total. The van der Waals surface area contributed by atoms with E-state index in [2.05, 4.69) is 29.6 Å². The van der Waals surface area contributed by atoms with E-state index < -0.39 is 21.9 Å². The molecule has 0 fully saturated rings. The monoisotopic (exact) mass is 441 g/mol. The topological polar surface area (TPSA) is 157 Å². The maximum atomic E-state index is 12.7. The van der Waals surface area contributed by atoms with E-state index in [9.17, 15) is 18.6 Å². The van der Waals surface area contributed by atoms with Gasteiger partial charge in [0.1, 0.15) is 12.0 Å². The van der Waals surface area contributed by atoms with Gasteiger partial charge in [-0.3, -0.25) is 0 Å². The average Bonchev–Trinajstić information content (AvgIpc) is 2.46. The lowest BCUT2D eigenvalue weighted by molar-refractivity contribution is 0.225. The highest BCUT2D eigenvalue weighted by Gasteiger charge is 2.27. The largest absolute Gasteiger partial charge is 0.478 e. The van der Waals surface area contributed by atoms with Gasteiger partial charge in [0, 0.05) is 5.69 Å². The number of rotatable bonds is 8. The van der Waals surface area contributed by atoms with Crippen molar-refractivity contribution in [2.75, 3.05) is 5.32 Å². The lowest BCUT2D eigenvalue weighted by Gasteiger charge is -2.11. The third-order valence-electron chi connectivity index (χ3n) is 2.91. The van der Waals surface area contributed by atoms with Crippen molar-refractivity contribution in [2.24, 2.45) is 0 Å². The molecule has 1 rings (SSSR count). The Bertz CT molecular complexity index is 730. The molecule has 1 aromatic rings. The molecule has 1 aromatic carbocycles. The molecule has 12 heteroatoms. The van der Waals surface area contributed by atoms with Crippen molar-refractivity contribution >= 4 is 21.3 Å². The molecular weight excluding hydrogens is 415 g/mol. The number of aliphatic hydroxyl groups excluding tert-OH is 1. The smallest absolute Gasteiger partial charge is 0.370 e. The van der Waals surface area contributed by atoms with Crippen LogP contribution >= 0.6 is 15.6 Å². The Kier molecular flexibility index (Phi) is 11.7. The maximum Gasteiger partial charge on any atom is 0.478 e. The fraction of sp³-hybridized carbons (Fsp3) is 0.375. The highest BCUT2D eigenvalue weighted by molar-refractivity contribution is 7.60. The zero-order valence-electron chi connectivity index (χ0n) is 15.7. The molecule has 0 aliphatic rings. The number of allylic oxidation sites excluding steroid dienone is 3. The lowest BCUT2D eigenvalue weighted by Crippen LogP contribution is -2.16. The summed E-state index contributed by atoms with van der Waals surface area (Å²) in [5.74, 6) is -0.284. The normalized spacial score (nSPS) is 13.2. The van der Waals surface area contributed by atoms with E-state index in [0.29, 0.717) is 5.69 Å². The second kappa shape index (κ2) is 12.3. The molecule has 0 aromatic heterocycles. The van der Waals surface area contributed by atoms with Crippen LogP contribution < -0.4 is 5.32 Å². The molecule has 0 saturated heterocycles. The Morgan fingerprint density at radius 3 is 2.00 bits per heavy atom. The minimum Gasteiger partial charge on any atom is -0.370 e. The Labute approximate surface area is 163 Å². The third-order valence-corrected chi connectivity index (χ3v) is 4.61. The molecule has 0 saturated carbocycles. The van der Waals surface area contributed by atoms with Gasteiger partial charge in [-0.2, -0.15) is 4.31 Å². The second-order valence-electron chi connectivity index (χ2n) is 5.99. The van der Waals surface area contributed by atoms with Gasteiger partial charge in [-0.05, 0) is 64.0 Å². The molecule has 0 radical (unpaired) electrons. The fourth-order valence-corrected chi connectivity index (χ4v) is 2.95. The van der Waals surface area contributed by atoms with Crippen LogP contribution in [0.15, 0.2) is 47.6 Å². The Morgan fingerprint density at radius 2 is 1.61 bits per heavy atom. The number of benzene rings is 1. The van der Waals surface area contributed by atoms with E-state index >= 15 is 0 Å². The van der Waals surface area contributed by atoms with E-state index in [1.807, 2.05) is 6.92 Å². The summed E-state index contributed by atoms with van der Waals surface area (Å²) in [6.07, 6.45) is 5.11. The molecule has 0 bridgehead atoms. The summed E-state index contributed by atoms with van der Waals surface area (Å²) < 4.78 is 34.9. The first-order valence-corrected chi connectivity index (χ1v) is 11.1. The van der Waals surface area contributed by atoms with Crippen molar-refractivity contribution in [3.05, 3.63) is 53.4 Å². The van der Waals surface area contributed by atoms with Gasteiger partial charge in [-0.15, -0.1) is 0 Å². The number of aliphatic hydroxyl groups is 1. The Morgan fingerprint density at radius 1 is 1.11 bits per heavy atom. The van der Waals surface area contributed by atoms with Crippen LogP contribution in [0.1, 0.15) is 33.6 Å². The molecule has 160 valence electrons. The van der Waals surface area contributed by atoms with E-state index in [0.717, 1.165) is 18.4 Å². The van der Waals surface area contributed by atoms with E-state index in [1.165, 1.54) is 17.7 Å². The molecule has 1 atom stereocenters. The Hall–Kier alpha value is -1.35. The van der Waals surface area contributed by atoms with Gasteiger partial charge in [0.15, 0.2) is 0 Å². The molecule has 9 nitrogen and oxygen atoms in total. The summed E-state index contributed by atoms with van der Waals surface area (Å²) in [7, 11) is -10.1. The Balaban J connectivity index is 0.000000684. The quantitative estimate of drug-likeness (QED) is 0.202. The highest BCUT2D eigenvalue weighted by atomic mass is 31.3. The van der Waals surface area contributed by atoms with Crippen molar-refractivity contribution in [3.63, 3.8) is 0 Å². The van der Waals surface area contributed by atoms with Gasteiger partial charge in [-0.1, -0.05) is 17.2 Å². The van der Waals surface area contributed by atoms with Crippen molar-refractivity contribution in [1.82, 2.24) is 0 Å². The summed E-state index contributed by atoms with van der Waals surface area (Å²) >= 11 is 0. The summed E-state index contributed by atoms with van der Waals surface area (Å²) in [5, 5.41) is 12.8. The minimum atomic E-state index is -5.05. The van der Waals surface area contributed by atoms with Crippen LogP contribution in [0.3, 0.4) is 0 Å². The highest BCUT2D eigenvalue weighted by Crippen LogP contribution is 2.53. The van der Waals surface area contributed by atoms with Gasteiger partial charge in [-0.25, -0.2) is 13.5 Å². The molecular formula is C16H26FNO8P2. The van der Waals surface area contributed by atoms with Crippen LogP contribution in [-0.2, 0) is 13.4 Å². The zero-order chi connectivity index (χ0) is 22.0. The number of nitrogens with one attached hydrogen (secondary N) is 1. The molecule has 0 aliphatic heterocycles. The van der Waals surface area contributed by atoms with Crippen LogP contribution in [0.5, 0.6) is 0 Å². The van der Waals surface area contributed by atoms with Gasteiger partial charge < -0.3 is 30.0 Å². The van der Waals surface area contributed by atoms with Gasteiger partial charge in [0.05, 0.1) is 0 Å². The van der Waals surface area contributed by atoms with Gasteiger partial charge in [0.25, 0.3) is 0 Å². The average molecular weight is 441 g/mol. The van der Waals surface area contributed by atoms with Crippen molar-refractivity contribution in [2.45, 2.75) is 39.8 Å². The first-order chi connectivity index (χ1) is 12.7. The number of anilines is 1. The van der Waals surface area contributed by atoms with Crippen LogP contribution in [0.4, 0.5) is 10.1 Å². The molecule has 28 heavy (non-hydrogen) atoms. The summed E-state index contributed by atoms with van der Waals surface area (Å²) in [6, 6.07) is 5.93. The first kappa shape index (κ1) is 26.6. The van der Waals surface area contributed by atoms with Gasteiger partial charge >= 0.3 is 15.6 Å². The first-order valence-electron chi connectivity index (χ1n) is 8.01. The standard InChI is InChI=1S/C16H22FNO.H4O7P2/c1-12(2)5-4-6-13(3)11-16(19)18-15-9-7-14(17)8-10-15;1-8(2,3)7-9(4,5)6/h5,7-11,16,18-19H,4,6H2,1-3H3;(H2,1,2,3)(H2,4,5,6)/b13-11+;. The van der Waals surface area contributed by atoms with E-state index in [-0.39, 0.29) is 5.82 Å².